The first-order chi connectivity index (χ1) is 9.20. The number of ether oxygens (including phenoxy) is 1. The summed E-state index contributed by atoms with van der Waals surface area (Å²) in [6.07, 6.45) is 8.45. The molecule has 0 aromatic heterocycles. The van der Waals surface area contributed by atoms with E-state index in [9.17, 15) is 4.79 Å². The van der Waals surface area contributed by atoms with E-state index in [-0.39, 0.29) is 0 Å². The minimum absolute atomic E-state index is 0.561. The van der Waals surface area contributed by atoms with E-state index in [1.807, 2.05) is 0 Å². The first-order valence-electron chi connectivity index (χ1n) is 7.79. The highest BCUT2D eigenvalue weighted by Crippen LogP contribution is 2.29. The fourth-order valence-electron chi connectivity index (χ4n) is 3.57. The van der Waals surface area contributed by atoms with Crippen LogP contribution < -0.4 is 0 Å². The molecule has 4 heteroatoms. The molecular formula is C15H27NO3. The van der Waals surface area contributed by atoms with Gasteiger partial charge in [-0.3, -0.25) is 4.90 Å². The van der Waals surface area contributed by atoms with E-state index >= 15 is 0 Å². The molecule has 0 spiro atoms. The molecule has 0 aromatic rings. The van der Waals surface area contributed by atoms with Crippen molar-refractivity contribution in [2.75, 3.05) is 19.7 Å². The molecule has 1 aliphatic heterocycles. The molecule has 3 atom stereocenters. The smallest absolute Gasteiger partial charge is 0.334 e. The second-order valence-corrected chi connectivity index (χ2v) is 6.01. The van der Waals surface area contributed by atoms with E-state index < -0.39 is 12.1 Å². The van der Waals surface area contributed by atoms with Crippen molar-refractivity contribution < 1.29 is 14.6 Å². The van der Waals surface area contributed by atoms with E-state index in [0.29, 0.717) is 19.2 Å². The van der Waals surface area contributed by atoms with Crippen LogP contribution in [0.25, 0.3) is 0 Å². The van der Waals surface area contributed by atoms with Gasteiger partial charge in [0.05, 0.1) is 6.61 Å². The van der Waals surface area contributed by atoms with E-state index in [1.165, 1.54) is 44.9 Å². The number of nitrogens with zero attached hydrogens (tertiary/aromatic N) is 1. The molecule has 0 bridgehead atoms. The molecule has 19 heavy (non-hydrogen) atoms. The number of carboxylic acid groups (broad SMARTS) is 1. The van der Waals surface area contributed by atoms with Gasteiger partial charge >= 0.3 is 5.97 Å². The Bertz CT molecular complexity index is 295. The lowest BCUT2D eigenvalue weighted by Gasteiger charge is -2.36. The fraction of sp³-hybridized carbons (Fsp3) is 0.933. The zero-order chi connectivity index (χ0) is 13.7. The Balaban J connectivity index is 1.85. The van der Waals surface area contributed by atoms with Crippen LogP contribution in [0.4, 0.5) is 0 Å². The van der Waals surface area contributed by atoms with Gasteiger partial charge in [0.25, 0.3) is 0 Å². The number of carbonyl (C=O) groups is 1. The van der Waals surface area contributed by atoms with Crippen molar-refractivity contribution in [3.63, 3.8) is 0 Å². The zero-order valence-corrected chi connectivity index (χ0v) is 12.0. The summed E-state index contributed by atoms with van der Waals surface area (Å²) in [5.41, 5.74) is 0. The Morgan fingerprint density at radius 1 is 1.32 bits per heavy atom. The Hall–Kier alpha value is -0.610. The molecule has 0 amide bonds. The molecule has 1 N–H and O–H groups in total. The predicted octanol–water partition coefficient (Wildman–Crippen LogP) is 2.52. The van der Waals surface area contributed by atoms with Crippen LogP contribution in [0.1, 0.15) is 51.9 Å². The highest BCUT2D eigenvalue weighted by molar-refractivity contribution is 5.72. The van der Waals surface area contributed by atoms with Gasteiger partial charge in [-0.15, -0.1) is 0 Å². The molecule has 0 radical (unpaired) electrons. The maximum absolute atomic E-state index is 11.0. The number of carboxylic acids is 1. The minimum Gasteiger partial charge on any atom is -0.479 e. The number of hydrogen-bond acceptors (Lipinski definition) is 3. The number of morpholine rings is 1. The lowest BCUT2D eigenvalue weighted by Crippen LogP contribution is -2.50. The van der Waals surface area contributed by atoms with E-state index in [2.05, 4.69) is 11.8 Å². The molecule has 4 nitrogen and oxygen atoms in total. The first kappa shape index (κ1) is 14.8. The maximum atomic E-state index is 11.0. The molecule has 1 saturated heterocycles. The molecular weight excluding hydrogens is 242 g/mol. The van der Waals surface area contributed by atoms with Crippen LogP contribution in [0, 0.1) is 5.92 Å². The van der Waals surface area contributed by atoms with Gasteiger partial charge in [-0.2, -0.15) is 0 Å². The number of rotatable bonds is 4. The SMILES string of the molecule is CCCC1CCCC(N2CCOC(C(=O)O)C2)CC1. The maximum Gasteiger partial charge on any atom is 0.334 e. The van der Waals surface area contributed by atoms with Crippen LogP contribution in [0.15, 0.2) is 0 Å². The van der Waals surface area contributed by atoms with Crippen LogP contribution in [0.5, 0.6) is 0 Å². The Labute approximate surface area is 116 Å². The van der Waals surface area contributed by atoms with Crippen molar-refractivity contribution in [3.8, 4) is 0 Å². The average molecular weight is 269 g/mol. The second kappa shape index (κ2) is 7.25. The monoisotopic (exact) mass is 269 g/mol. The van der Waals surface area contributed by atoms with Gasteiger partial charge in [0.2, 0.25) is 0 Å². The molecule has 1 aliphatic carbocycles. The van der Waals surface area contributed by atoms with E-state index in [4.69, 9.17) is 9.84 Å². The summed E-state index contributed by atoms with van der Waals surface area (Å²) < 4.78 is 5.31. The predicted molar refractivity (Wildman–Crippen MR) is 74.2 cm³/mol. The van der Waals surface area contributed by atoms with Gasteiger partial charge < -0.3 is 9.84 Å². The summed E-state index contributed by atoms with van der Waals surface area (Å²) in [5, 5.41) is 9.07. The third kappa shape index (κ3) is 4.18. The molecule has 110 valence electrons. The molecule has 1 heterocycles. The molecule has 2 aliphatic rings. The quantitative estimate of drug-likeness (QED) is 0.797. The van der Waals surface area contributed by atoms with Crippen molar-refractivity contribution in [2.24, 2.45) is 5.92 Å². The molecule has 2 fully saturated rings. The van der Waals surface area contributed by atoms with Gasteiger partial charge in [0.15, 0.2) is 6.10 Å². The van der Waals surface area contributed by atoms with Crippen LogP contribution >= 0.6 is 0 Å². The van der Waals surface area contributed by atoms with Crippen LogP contribution in [-0.2, 0) is 9.53 Å². The van der Waals surface area contributed by atoms with Crippen molar-refractivity contribution in [1.82, 2.24) is 4.90 Å². The average Bonchev–Trinajstić information content (AvgIpc) is 2.65. The van der Waals surface area contributed by atoms with Crippen LogP contribution in [-0.4, -0.2) is 47.8 Å². The molecule has 1 saturated carbocycles. The van der Waals surface area contributed by atoms with Crippen LogP contribution in [0.3, 0.4) is 0 Å². The highest BCUT2D eigenvalue weighted by atomic mass is 16.5. The summed E-state index contributed by atoms with van der Waals surface area (Å²) in [6, 6.07) is 0.576. The van der Waals surface area contributed by atoms with Crippen LogP contribution in [0.2, 0.25) is 0 Å². The van der Waals surface area contributed by atoms with Gasteiger partial charge in [-0.1, -0.05) is 32.6 Å². The van der Waals surface area contributed by atoms with Crippen molar-refractivity contribution >= 4 is 5.97 Å². The van der Waals surface area contributed by atoms with Crippen molar-refractivity contribution in [2.45, 2.75) is 64.0 Å². The normalized spacial score (nSPS) is 33.8. The Morgan fingerprint density at radius 3 is 2.89 bits per heavy atom. The lowest BCUT2D eigenvalue weighted by molar-refractivity contribution is -0.157. The molecule has 0 aromatic carbocycles. The van der Waals surface area contributed by atoms with E-state index in [1.54, 1.807) is 0 Å². The second-order valence-electron chi connectivity index (χ2n) is 6.01. The van der Waals surface area contributed by atoms with Gasteiger partial charge in [-0.25, -0.2) is 4.79 Å². The summed E-state index contributed by atoms with van der Waals surface area (Å²) in [6.45, 7) is 4.29. The number of aliphatic carboxylic acids is 1. The van der Waals surface area contributed by atoms with Gasteiger partial charge in [0.1, 0.15) is 0 Å². The summed E-state index contributed by atoms with van der Waals surface area (Å²) in [5.74, 6) is 0.0773. The standard InChI is InChI=1S/C15H27NO3/c1-2-4-12-5-3-6-13(8-7-12)16-9-10-19-14(11-16)15(17)18/h12-14H,2-11H2,1H3,(H,17,18). The third-order valence-electron chi connectivity index (χ3n) is 4.64. The third-order valence-corrected chi connectivity index (χ3v) is 4.64. The summed E-state index contributed by atoms with van der Waals surface area (Å²) in [4.78, 5) is 13.4. The number of hydrogen-bond donors (Lipinski definition) is 1. The first-order valence-corrected chi connectivity index (χ1v) is 7.79. The van der Waals surface area contributed by atoms with E-state index in [0.717, 1.165) is 12.5 Å². The largest absolute Gasteiger partial charge is 0.479 e. The van der Waals surface area contributed by atoms with Gasteiger partial charge in [-0.05, 0) is 25.2 Å². The van der Waals surface area contributed by atoms with Gasteiger partial charge in [0, 0.05) is 19.1 Å². The summed E-state index contributed by atoms with van der Waals surface area (Å²) >= 11 is 0. The zero-order valence-electron chi connectivity index (χ0n) is 12.0. The Kier molecular flexibility index (Phi) is 5.64. The fourth-order valence-corrected chi connectivity index (χ4v) is 3.57. The lowest BCUT2D eigenvalue weighted by atomic mass is 9.95. The Morgan fingerprint density at radius 2 is 2.16 bits per heavy atom. The molecule has 3 unspecified atom stereocenters. The van der Waals surface area contributed by atoms with Crippen molar-refractivity contribution in [1.29, 1.82) is 0 Å². The topological polar surface area (TPSA) is 49.8 Å². The molecule has 2 rings (SSSR count). The highest BCUT2D eigenvalue weighted by Gasteiger charge is 2.31. The summed E-state index contributed by atoms with van der Waals surface area (Å²) in [7, 11) is 0. The van der Waals surface area contributed by atoms with Crippen molar-refractivity contribution in [3.05, 3.63) is 0 Å². The minimum atomic E-state index is -0.817.